The Morgan fingerprint density at radius 1 is 1.33 bits per heavy atom. The van der Waals surface area contributed by atoms with Gasteiger partial charge in [-0.15, -0.1) is 11.3 Å². The molecule has 116 valence electrons. The highest BCUT2D eigenvalue weighted by atomic mass is 32.1. The number of nitrogens with zero attached hydrogens (tertiary/aromatic N) is 1. The van der Waals surface area contributed by atoms with Crippen LogP contribution < -0.4 is 10.9 Å². The van der Waals surface area contributed by atoms with Gasteiger partial charge in [0, 0.05) is 18.0 Å². The van der Waals surface area contributed by atoms with Crippen LogP contribution in [0.25, 0.3) is 0 Å². The van der Waals surface area contributed by atoms with E-state index in [0.717, 1.165) is 25.1 Å². The second-order valence-electron chi connectivity index (χ2n) is 4.96. The number of amides is 2. The Morgan fingerprint density at radius 2 is 2.05 bits per heavy atom. The average molecular weight is 311 g/mol. The zero-order valence-corrected chi connectivity index (χ0v) is 13.2. The third-order valence-corrected chi connectivity index (χ3v) is 4.73. The first kappa shape index (κ1) is 15.9. The molecular formula is C14H21N3O3S. The van der Waals surface area contributed by atoms with Crippen molar-refractivity contribution in [2.75, 3.05) is 32.8 Å². The molecule has 1 saturated heterocycles. The molecule has 1 aromatic heterocycles. The van der Waals surface area contributed by atoms with E-state index in [1.165, 1.54) is 16.2 Å². The zero-order valence-electron chi connectivity index (χ0n) is 12.4. The third kappa shape index (κ3) is 4.52. The van der Waals surface area contributed by atoms with Crippen LogP contribution in [0.3, 0.4) is 0 Å². The Balaban J connectivity index is 1.78. The predicted octanol–water partition coefficient (Wildman–Crippen LogP) is 0.712. The molecule has 0 radical (unpaired) electrons. The molecule has 1 aromatic rings. The minimum atomic E-state index is -0.266. The summed E-state index contributed by atoms with van der Waals surface area (Å²) in [6, 6.07) is 1.85. The van der Waals surface area contributed by atoms with Crippen molar-refractivity contribution >= 4 is 23.2 Å². The van der Waals surface area contributed by atoms with Crippen molar-refractivity contribution < 1.29 is 14.3 Å². The lowest BCUT2D eigenvalue weighted by atomic mass is 10.2. The van der Waals surface area contributed by atoms with E-state index in [4.69, 9.17) is 4.74 Å². The van der Waals surface area contributed by atoms with E-state index in [1.807, 2.05) is 17.9 Å². The van der Waals surface area contributed by atoms with Crippen LogP contribution in [0.4, 0.5) is 0 Å². The molecule has 0 spiro atoms. The summed E-state index contributed by atoms with van der Waals surface area (Å²) >= 11 is 1.46. The van der Waals surface area contributed by atoms with Crippen molar-refractivity contribution in [3.8, 4) is 0 Å². The van der Waals surface area contributed by atoms with Gasteiger partial charge in [-0.1, -0.05) is 6.92 Å². The number of thiophene rings is 1. The monoisotopic (exact) mass is 311 g/mol. The van der Waals surface area contributed by atoms with Gasteiger partial charge in [0.2, 0.25) is 0 Å². The minimum absolute atomic E-state index is 0.214. The first-order valence-electron chi connectivity index (χ1n) is 7.08. The molecule has 2 rings (SSSR count). The van der Waals surface area contributed by atoms with Crippen LogP contribution in [0.5, 0.6) is 0 Å². The maximum Gasteiger partial charge on any atom is 0.279 e. The molecule has 2 heterocycles. The quantitative estimate of drug-likeness (QED) is 0.804. The van der Waals surface area contributed by atoms with E-state index in [-0.39, 0.29) is 18.4 Å². The van der Waals surface area contributed by atoms with Gasteiger partial charge in [0.1, 0.15) is 0 Å². The molecule has 2 N–H and O–H groups in total. The van der Waals surface area contributed by atoms with Gasteiger partial charge in [-0.05, 0) is 25.0 Å². The van der Waals surface area contributed by atoms with Gasteiger partial charge in [-0.3, -0.25) is 25.3 Å². The number of hydrogen-bond acceptors (Lipinski definition) is 5. The van der Waals surface area contributed by atoms with Crippen LogP contribution >= 0.6 is 11.3 Å². The van der Waals surface area contributed by atoms with Crippen molar-refractivity contribution in [1.29, 1.82) is 0 Å². The number of nitrogens with one attached hydrogen (secondary N) is 2. The molecule has 0 aliphatic carbocycles. The highest BCUT2D eigenvalue weighted by Gasteiger charge is 2.16. The van der Waals surface area contributed by atoms with Crippen molar-refractivity contribution in [1.82, 2.24) is 15.8 Å². The Labute approximate surface area is 128 Å². The lowest BCUT2D eigenvalue weighted by molar-refractivity contribution is -0.124. The molecule has 0 saturated carbocycles. The maximum atomic E-state index is 12.0. The second-order valence-corrected chi connectivity index (χ2v) is 6.10. The van der Waals surface area contributed by atoms with Crippen LogP contribution in [0, 0.1) is 6.92 Å². The molecule has 6 nitrogen and oxygen atoms in total. The van der Waals surface area contributed by atoms with Crippen molar-refractivity contribution in [2.24, 2.45) is 0 Å². The van der Waals surface area contributed by atoms with Gasteiger partial charge in [0.25, 0.3) is 11.8 Å². The highest BCUT2D eigenvalue weighted by Crippen LogP contribution is 2.21. The molecule has 0 bridgehead atoms. The van der Waals surface area contributed by atoms with Gasteiger partial charge in [0.05, 0.1) is 24.6 Å². The fraction of sp³-hybridized carbons (Fsp3) is 0.571. The summed E-state index contributed by atoms with van der Waals surface area (Å²) in [4.78, 5) is 27.6. The van der Waals surface area contributed by atoms with E-state index >= 15 is 0 Å². The first-order chi connectivity index (χ1) is 10.1. The fourth-order valence-corrected chi connectivity index (χ4v) is 3.18. The molecular weight excluding hydrogens is 290 g/mol. The summed E-state index contributed by atoms with van der Waals surface area (Å²) in [5, 5.41) is 0. The topological polar surface area (TPSA) is 70.7 Å². The van der Waals surface area contributed by atoms with E-state index in [0.29, 0.717) is 18.1 Å². The average Bonchev–Trinajstić information content (AvgIpc) is 2.87. The van der Waals surface area contributed by atoms with E-state index < -0.39 is 0 Å². The Hall–Kier alpha value is -1.44. The van der Waals surface area contributed by atoms with Gasteiger partial charge in [-0.25, -0.2) is 0 Å². The summed E-state index contributed by atoms with van der Waals surface area (Å²) in [7, 11) is 0. The Morgan fingerprint density at radius 3 is 2.67 bits per heavy atom. The number of aryl methyl sites for hydroxylation is 2. The number of carbonyl (C=O) groups excluding carboxylic acids is 2. The number of morpholine rings is 1. The van der Waals surface area contributed by atoms with Crippen LogP contribution in [0.1, 0.15) is 27.0 Å². The SMILES string of the molecule is CCc1sc(C(=O)NNC(=O)CN2CCOCC2)cc1C. The van der Waals surface area contributed by atoms with Crippen LogP contribution in [-0.4, -0.2) is 49.6 Å². The summed E-state index contributed by atoms with van der Waals surface area (Å²) in [6.07, 6.45) is 0.910. The molecule has 1 aliphatic heterocycles. The highest BCUT2D eigenvalue weighted by molar-refractivity contribution is 7.14. The Bertz CT molecular complexity index is 510. The molecule has 21 heavy (non-hydrogen) atoms. The number of carbonyl (C=O) groups is 2. The third-order valence-electron chi connectivity index (χ3n) is 3.35. The molecule has 1 aliphatic rings. The van der Waals surface area contributed by atoms with Crippen molar-refractivity contribution in [3.63, 3.8) is 0 Å². The van der Waals surface area contributed by atoms with Gasteiger partial charge < -0.3 is 4.74 Å². The number of rotatable bonds is 4. The molecule has 0 unspecified atom stereocenters. The maximum absolute atomic E-state index is 12.0. The van der Waals surface area contributed by atoms with Crippen molar-refractivity contribution in [3.05, 3.63) is 21.4 Å². The van der Waals surface area contributed by atoms with Gasteiger partial charge in [0.15, 0.2) is 0 Å². The number of hydrazine groups is 1. The lowest BCUT2D eigenvalue weighted by Gasteiger charge is -2.25. The standard InChI is InChI=1S/C14H21N3O3S/c1-3-11-10(2)8-12(21-11)14(19)16-15-13(18)9-17-4-6-20-7-5-17/h8H,3-7,9H2,1-2H3,(H,15,18)(H,16,19). The van der Waals surface area contributed by atoms with Crippen molar-refractivity contribution in [2.45, 2.75) is 20.3 Å². The van der Waals surface area contributed by atoms with Crippen LogP contribution in [0.2, 0.25) is 0 Å². The van der Waals surface area contributed by atoms with Gasteiger partial charge in [-0.2, -0.15) is 0 Å². The van der Waals surface area contributed by atoms with E-state index in [2.05, 4.69) is 17.8 Å². The zero-order chi connectivity index (χ0) is 15.2. The molecule has 7 heteroatoms. The van der Waals surface area contributed by atoms with E-state index in [1.54, 1.807) is 0 Å². The van der Waals surface area contributed by atoms with Crippen LogP contribution in [0.15, 0.2) is 6.07 Å². The first-order valence-corrected chi connectivity index (χ1v) is 7.90. The predicted molar refractivity (Wildman–Crippen MR) is 81.3 cm³/mol. The molecule has 0 aromatic carbocycles. The fourth-order valence-electron chi connectivity index (χ4n) is 2.17. The summed E-state index contributed by atoms with van der Waals surface area (Å²) in [5.74, 6) is -0.479. The molecule has 1 fully saturated rings. The molecule has 2 amide bonds. The minimum Gasteiger partial charge on any atom is -0.379 e. The van der Waals surface area contributed by atoms with E-state index in [9.17, 15) is 9.59 Å². The van der Waals surface area contributed by atoms with Gasteiger partial charge >= 0.3 is 0 Å². The van der Waals surface area contributed by atoms with Crippen LogP contribution in [-0.2, 0) is 16.0 Å². The normalized spacial score (nSPS) is 15.7. The molecule has 0 atom stereocenters. The Kier molecular flexibility index (Phi) is 5.72. The summed E-state index contributed by atoms with van der Waals surface area (Å²) < 4.78 is 5.22. The number of hydrogen-bond donors (Lipinski definition) is 2. The lowest BCUT2D eigenvalue weighted by Crippen LogP contribution is -2.48. The largest absolute Gasteiger partial charge is 0.379 e. The second kappa shape index (κ2) is 7.53. The smallest absolute Gasteiger partial charge is 0.279 e. The number of ether oxygens (including phenoxy) is 1. The summed E-state index contributed by atoms with van der Waals surface area (Å²) in [5.41, 5.74) is 6.05. The summed E-state index contributed by atoms with van der Waals surface area (Å²) in [6.45, 7) is 7.10.